The Kier molecular flexibility index (Phi) is 3.29. The molecule has 0 aromatic heterocycles. The fraction of sp³-hybridized carbons (Fsp3) is 0.269. The van der Waals surface area contributed by atoms with Gasteiger partial charge >= 0.3 is 0 Å². The molecule has 30 heavy (non-hydrogen) atoms. The molecule has 0 N–H and O–H groups in total. The van der Waals surface area contributed by atoms with E-state index in [4.69, 9.17) is 21.7 Å². The molecule has 2 atom stereocenters. The molecule has 3 aromatic rings. The summed E-state index contributed by atoms with van der Waals surface area (Å²) >= 11 is 5.35. The van der Waals surface area contributed by atoms with Gasteiger partial charge < -0.3 is 9.47 Å². The van der Waals surface area contributed by atoms with E-state index in [0.717, 1.165) is 52.3 Å². The van der Waals surface area contributed by atoms with Gasteiger partial charge in [-0.1, -0.05) is 48.6 Å². The second-order valence-electron chi connectivity index (χ2n) is 9.35. The van der Waals surface area contributed by atoms with Crippen LogP contribution in [0.4, 0.5) is 0 Å². The Morgan fingerprint density at radius 1 is 1.00 bits per heavy atom. The fourth-order valence-corrected chi connectivity index (χ4v) is 6.30. The summed E-state index contributed by atoms with van der Waals surface area (Å²) in [5.74, 6) is 5.56. The smallest absolute Gasteiger partial charge is 0.260 e. The standard InChI is InChI=1S/C26H21BO2S/c1-15-6-9-22-24-25(15)29-21-5-3-2-4-19(21)27(24)20-8-7-16(12-23(20)28-22)10-11-26(14-30)17-13-18(17)26/h2-9,12,14,17-18H,10-11,13H2,1H3. The Hall–Kier alpha value is -2.59. The third kappa shape index (κ3) is 2.18. The number of rotatable bonds is 4. The highest BCUT2D eigenvalue weighted by atomic mass is 32.1. The zero-order valence-electron chi connectivity index (χ0n) is 16.9. The number of hydrogen-bond acceptors (Lipinski definition) is 3. The van der Waals surface area contributed by atoms with Crippen LogP contribution in [0.15, 0.2) is 54.6 Å². The van der Waals surface area contributed by atoms with Gasteiger partial charge in [0.1, 0.15) is 23.0 Å². The molecule has 2 aliphatic carbocycles. The minimum atomic E-state index is 0.154. The van der Waals surface area contributed by atoms with Crippen LogP contribution in [0.5, 0.6) is 23.0 Å². The van der Waals surface area contributed by atoms with E-state index < -0.39 is 0 Å². The summed E-state index contributed by atoms with van der Waals surface area (Å²) in [5, 5.41) is 2.06. The summed E-state index contributed by atoms with van der Waals surface area (Å²) in [6, 6.07) is 19.4. The van der Waals surface area contributed by atoms with Crippen LogP contribution in [0.2, 0.25) is 0 Å². The van der Waals surface area contributed by atoms with Gasteiger partial charge in [-0.25, -0.2) is 0 Å². The van der Waals surface area contributed by atoms with Crippen LogP contribution in [0.1, 0.15) is 24.0 Å². The Bertz CT molecular complexity index is 1240. The van der Waals surface area contributed by atoms with E-state index >= 15 is 0 Å². The highest BCUT2D eigenvalue weighted by Crippen LogP contribution is 2.78. The third-order valence-electron chi connectivity index (χ3n) is 7.82. The average molecular weight is 408 g/mol. The van der Waals surface area contributed by atoms with E-state index in [-0.39, 0.29) is 6.71 Å². The molecule has 0 amide bonds. The highest BCUT2D eigenvalue weighted by Gasteiger charge is 2.74. The van der Waals surface area contributed by atoms with E-state index in [0.29, 0.717) is 5.41 Å². The highest BCUT2D eigenvalue weighted by molar-refractivity contribution is 7.79. The van der Waals surface area contributed by atoms with Crippen LogP contribution in [-0.4, -0.2) is 12.1 Å². The first-order chi connectivity index (χ1) is 14.7. The van der Waals surface area contributed by atoms with Crippen molar-refractivity contribution in [3.63, 3.8) is 0 Å². The van der Waals surface area contributed by atoms with Crippen LogP contribution < -0.4 is 25.9 Å². The summed E-state index contributed by atoms with van der Waals surface area (Å²) < 4.78 is 12.7. The second kappa shape index (κ2) is 5.76. The number of ether oxygens (including phenoxy) is 2. The number of thiocarbonyl (C=S) groups is 1. The maximum Gasteiger partial charge on any atom is 0.260 e. The molecule has 146 valence electrons. The Labute approximate surface area is 182 Å². The molecule has 3 aromatic carbocycles. The van der Waals surface area contributed by atoms with E-state index in [1.54, 1.807) is 0 Å². The maximum absolute atomic E-state index is 6.43. The normalized spacial score (nSPS) is 25.7. The van der Waals surface area contributed by atoms with Gasteiger partial charge in [-0.15, -0.1) is 0 Å². The van der Waals surface area contributed by atoms with Gasteiger partial charge in [0, 0.05) is 10.9 Å². The fourth-order valence-electron chi connectivity index (χ4n) is 5.84. The Morgan fingerprint density at radius 3 is 2.63 bits per heavy atom. The van der Waals surface area contributed by atoms with Gasteiger partial charge in [-0.3, -0.25) is 0 Å². The van der Waals surface area contributed by atoms with Crippen molar-refractivity contribution in [2.24, 2.45) is 17.3 Å². The largest absolute Gasteiger partial charge is 0.458 e. The summed E-state index contributed by atoms with van der Waals surface area (Å²) in [4.78, 5) is 0. The van der Waals surface area contributed by atoms with Crippen molar-refractivity contribution in [3.8, 4) is 23.0 Å². The Morgan fingerprint density at radius 2 is 1.83 bits per heavy atom. The number of para-hydroxylation sites is 1. The average Bonchev–Trinajstić information content (AvgIpc) is 3.68. The molecule has 0 radical (unpaired) electrons. The van der Waals surface area contributed by atoms with Gasteiger partial charge in [0.15, 0.2) is 0 Å². The number of aryl methyl sites for hydroxylation is 2. The molecule has 2 aliphatic heterocycles. The lowest BCUT2D eigenvalue weighted by Gasteiger charge is -2.33. The first-order valence-electron chi connectivity index (χ1n) is 10.9. The van der Waals surface area contributed by atoms with Crippen molar-refractivity contribution >= 4 is 40.7 Å². The monoisotopic (exact) mass is 408 g/mol. The molecule has 4 heteroatoms. The van der Waals surface area contributed by atoms with Crippen molar-refractivity contribution in [2.45, 2.75) is 26.2 Å². The predicted octanol–water partition coefficient (Wildman–Crippen LogP) is 4.29. The lowest BCUT2D eigenvalue weighted by molar-refractivity contribution is 0.460. The zero-order chi connectivity index (χ0) is 20.0. The van der Waals surface area contributed by atoms with E-state index in [9.17, 15) is 0 Å². The maximum atomic E-state index is 6.43. The predicted molar refractivity (Wildman–Crippen MR) is 125 cm³/mol. The Balaban J connectivity index is 1.30. The summed E-state index contributed by atoms with van der Waals surface area (Å²) in [6.07, 6.45) is 3.62. The minimum absolute atomic E-state index is 0.154. The molecular weight excluding hydrogens is 387 g/mol. The van der Waals surface area contributed by atoms with Gasteiger partial charge in [-0.05, 0) is 83.6 Å². The lowest BCUT2D eigenvalue weighted by atomic mass is 9.34. The summed E-state index contributed by atoms with van der Waals surface area (Å²) in [7, 11) is 0. The van der Waals surface area contributed by atoms with Crippen LogP contribution in [0.25, 0.3) is 0 Å². The molecule has 2 saturated carbocycles. The van der Waals surface area contributed by atoms with E-state index in [2.05, 4.69) is 60.8 Å². The van der Waals surface area contributed by atoms with Gasteiger partial charge in [0.05, 0.1) is 0 Å². The summed E-state index contributed by atoms with van der Waals surface area (Å²) in [5.41, 5.74) is 6.45. The molecule has 2 unspecified atom stereocenters. The molecule has 2 heterocycles. The SMILES string of the molecule is Cc1ccc2c3c1Oc1ccccc1B3c1ccc(CCC3(C=S)C4CC43)cc1O2. The minimum Gasteiger partial charge on any atom is -0.458 e. The number of benzene rings is 3. The van der Waals surface area contributed by atoms with Gasteiger partial charge in [-0.2, -0.15) is 0 Å². The number of hydrogen-bond donors (Lipinski definition) is 0. The van der Waals surface area contributed by atoms with Crippen molar-refractivity contribution in [2.75, 3.05) is 0 Å². The molecule has 4 aliphatic rings. The number of fused-ring (bicyclic) bond motifs is 5. The molecule has 0 bridgehead atoms. The van der Waals surface area contributed by atoms with Crippen molar-refractivity contribution in [3.05, 3.63) is 65.7 Å². The zero-order valence-corrected chi connectivity index (χ0v) is 17.7. The third-order valence-corrected chi connectivity index (χ3v) is 8.26. The second-order valence-corrected chi connectivity index (χ2v) is 9.59. The summed E-state index contributed by atoms with van der Waals surface area (Å²) in [6.45, 7) is 2.26. The molecule has 2 fully saturated rings. The van der Waals surface area contributed by atoms with Crippen molar-refractivity contribution in [1.82, 2.24) is 0 Å². The molecule has 0 saturated heterocycles. The van der Waals surface area contributed by atoms with Crippen LogP contribution in [-0.2, 0) is 6.42 Å². The first-order valence-corrected chi connectivity index (χ1v) is 11.3. The first kappa shape index (κ1) is 17.1. The van der Waals surface area contributed by atoms with Crippen LogP contribution in [0, 0.1) is 24.2 Å². The van der Waals surface area contributed by atoms with Gasteiger partial charge in [0.25, 0.3) is 6.71 Å². The van der Waals surface area contributed by atoms with Crippen molar-refractivity contribution in [1.29, 1.82) is 0 Å². The van der Waals surface area contributed by atoms with Crippen LogP contribution >= 0.6 is 12.2 Å². The molecule has 2 nitrogen and oxygen atoms in total. The van der Waals surface area contributed by atoms with E-state index in [1.807, 2.05) is 6.07 Å². The van der Waals surface area contributed by atoms with E-state index in [1.165, 1.54) is 29.3 Å². The van der Waals surface area contributed by atoms with Gasteiger partial charge in [0.2, 0.25) is 0 Å². The topological polar surface area (TPSA) is 18.5 Å². The lowest BCUT2D eigenvalue weighted by Crippen LogP contribution is -2.57. The molecule has 7 rings (SSSR count). The molecule has 0 spiro atoms. The van der Waals surface area contributed by atoms with Crippen LogP contribution in [0.3, 0.4) is 0 Å². The quantitative estimate of drug-likeness (QED) is 0.327. The molecular formula is C26H21BO2S. The van der Waals surface area contributed by atoms with Crippen molar-refractivity contribution < 1.29 is 9.47 Å².